The molecule has 0 N–H and O–H groups in total. The Kier molecular flexibility index (Phi) is 6.82. The molecule has 0 saturated carbocycles. The molecule has 1 heterocycles. The first kappa shape index (κ1) is 20.8. The highest BCUT2D eigenvalue weighted by atomic mass is 16.6. The number of nitro groups is 1. The van der Waals surface area contributed by atoms with Crippen molar-refractivity contribution < 1.29 is 14.5 Å². The molecule has 2 aromatic rings. The maximum atomic E-state index is 13.0. The third kappa shape index (κ3) is 5.12. The number of likely N-dealkylation sites (tertiary alicyclic amines) is 1. The second-order valence-corrected chi connectivity index (χ2v) is 7.34. The van der Waals surface area contributed by atoms with Gasteiger partial charge in [0, 0.05) is 30.9 Å². The van der Waals surface area contributed by atoms with Crippen molar-refractivity contribution in [1.82, 2.24) is 4.90 Å². The number of ether oxygens (including phenoxy) is 1. The van der Waals surface area contributed by atoms with Crippen molar-refractivity contribution in [3.8, 4) is 5.75 Å². The van der Waals surface area contributed by atoms with Crippen LogP contribution in [0.25, 0.3) is 0 Å². The molecule has 1 saturated heterocycles. The summed E-state index contributed by atoms with van der Waals surface area (Å²) in [5.41, 5.74) is 1.86. The van der Waals surface area contributed by atoms with Gasteiger partial charge in [-0.15, -0.1) is 0 Å². The fourth-order valence-corrected chi connectivity index (χ4v) is 3.78. The molecule has 1 aliphatic rings. The van der Waals surface area contributed by atoms with Crippen molar-refractivity contribution >= 4 is 17.3 Å². The van der Waals surface area contributed by atoms with Crippen LogP contribution >= 0.6 is 0 Å². The minimum Gasteiger partial charge on any atom is -0.497 e. The number of nitrogens with zero attached hydrogens (tertiary/aromatic N) is 3. The molecule has 2 aromatic carbocycles. The first-order valence-corrected chi connectivity index (χ1v) is 9.88. The Bertz CT molecular complexity index is 836. The molecule has 7 heteroatoms. The van der Waals surface area contributed by atoms with Crippen molar-refractivity contribution in [3.63, 3.8) is 0 Å². The number of hydrogen-bond acceptors (Lipinski definition) is 5. The van der Waals surface area contributed by atoms with Crippen LogP contribution in [-0.4, -0.2) is 43.0 Å². The van der Waals surface area contributed by atoms with Crippen molar-refractivity contribution in [3.05, 3.63) is 64.2 Å². The highest BCUT2D eigenvalue weighted by Gasteiger charge is 2.26. The minimum atomic E-state index is -0.442. The lowest BCUT2D eigenvalue weighted by Crippen LogP contribution is -2.40. The molecule has 0 spiro atoms. The second kappa shape index (κ2) is 9.52. The van der Waals surface area contributed by atoms with Crippen LogP contribution in [0, 0.1) is 10.1 Å². The number of nitro benzene ring substituents is 1. The summed E-state index contributed by atoms with van der Waals surface area (Å²) in [7, 11) is 3.36. The maximum absolute atomic E-state index is 13.0. The third-order valence-corrected chi connectivity index (χ3v) is 5.52. The molecular weight excluding hydrogens is 370 g/mol. The number of methoxy groups -OCH3 is 1. The van der Waals surface area contributed by atoms with Gasteiger partial charge in [-0.05, 0) is 49.2 Å². The number of amides is 1. The van der Waals surface area contributed by atoms with Crippen LogP contribution in [0.15, 0.2) is 48.5 Å². The SMILES string of the molecule is COc1ccc([C@H]2CCCCCN2CC(=O)N(C)c2ccc([N+](=O)[O-])cc2)cc1. The smallest absolute Gasteiger partial charge is 0.269 e. The van der Waals surface area contributed by atoms with Crippen molar-refractivity contribution in [2.45, 2.75) is 31.7 Å². The van der Waals surface area contributed by atoms with Gasteiger partial charge in [-0.25, -0.2) is 0 Å². The minimum absolute atomic E-state index is 0.0155. The van der Waals surface area contributed by atoms with Crippen LogP contribution in [0.3, 0.4) is 0 Å². The highest BCUT2D eigenvalue weighted by molar-refractivity contribution is 5.94. The number of likely N-dealkylation sites (N-methyl/N-ethyl adjacent to an activating group) is 1. The summed E-state index contributed by atoms with van der Waals surface area (Å²) in [5, 5.41) is 10.8. The van der Waals surface area contributed by atoms with Gasteiger partial charge in [-0.3, -0.25) is 19.8 Å². The van der Waals surface area contributed by atoms with E-state index >= 15 is 0 Å². The van der Waals surface area contributed by atoms with E-state index in [4.69, 9.17) is 4.74 Å². The first-order valence-electron chi connectivity index (χ1n) is 9.88. The molecule has 0 unspecified atom stereocenters. The molecule has 1 aliphatic heterocycles. The molecule has 154 valence electrons. The van der Waals surface area contributed by atoms with Gasteiger partial charge in [0.05, 0.1) is 18.6 Å². The van der Waals surface area contributed by atoms with E-state index in [1.807, 2.05) is 12.1 Å². The summed E-state index contributed by atoms with van der Waals surface area (Å²) < 4.78 is 5.26. The lowest BCUT2D eigenvalue weighted by molar-refractivity contribution is -0.384. The van der Waals surface area contributed by atoms with Crippen molar-refractivity contribution in [1.29, 1.82) is 0 Å². The number of non-ortho nitro benzene ring substituents is 1. The van der Waals surface area contributed by atoms with E-state index in [0.717, 1.165) is 38.0 Å². The summed E-state index contributed by atoms with van der Waals surface area (Å²) >= 11 is 0. The van der Waals surface area contributed by atoms with Crippen LogP contribution in [0.1, 0.15) is 37.3 Å². The molecular formula is C22H27N3O4. The number of anilines is 1. The van der Waals surface area contributed by atoms with Gasteiger partial charge in [0.25, 0.3) is 5.69 Å². The Morgan fingerprint density at radius 3 is 2.45 bits per heavy atom. The van der Waals surface area contributed by atoms with E-state index in [1.54, 1.807) is 31.2 Å². The quantitative estimate of drug-likeness (QED) is 0.540. The van der Waals surface area contributed by atoms with Gasteiger partial charge in [0.15, 0.2) is 0 Å². The van der Waals surface area contributed by atoms with E-state index in [2.05, 4.69) is 17.0 Å². The fraction of sp³-hybridized carbons (Fsp3) is 0.409. The van der Waals surface area contributed by atoms with Crippen molar-refractivity contribution in [2.24, 2.45) is 0 Å². The zero-order valence-corrected chi connectivity index (χ0v) is 16.9. The number of benzene rings is 2. The van der Waals surface area contributed by atoms with Gasteiger partial charge in [0.2, 0.25) is 5.91 Å². The zero-order valence-electron chi connectivity index (χ0n) is 16.9. The lowest BCUT2D eigenvalue weighted by atomic mass is 10.0. The number of carbonyl (C=O) groups is 1. The van der Waals surface area contributed by atoms with E-state index in [9.17, 15) is 14.9 Å². The summed E-state index contributed by atoms with van der Waals surface area (Å²) in [6.45, 7) is 1.18. The van der Waals surface area contributed by atoms with E-state index in [0.29, 0.717) is 12.2 Å². The first-order chi connectivity index (χ1) is 14.0. The number of hydrogen-bond donors (Lipinski definition) is 0. The second-order valence-electron chi connectivity index (χ2n) is 7.34. The largest absolute Gasteiger partial charge is 0.497 e. The topological polar surface area (TPSA) is 75.9 Å². The number of rotatable bonds is 6. The van der Waals surface area contributed by atoms with Gasteiger partial charge in [0.1, 0.15) is 5.75 Å². The van der Waals surface area contributed by atoms with Gasteiger partial charge in [-0.1, -0.05) is 25.0 Å². The average molecular weight is 397 g/mol. The summed E-state index contributed by atoms with van der Waals surface area (Å²) in [6.07, 6.45) is 4.39. The highest BCUT2D eigenvalue weighted by Crippen LogP contribution is 2.31. The Morgan fingerprint density at radius 1 is 1.14 bits per heavy atom. The Labute approximate surface area is 171 Å². The fourth-order valence-electron chi connectivity index (χ4n) is 3.78. The van der Waals surface area contributed by atoms with Crippen LogP contribution in [0.2, 0.25) is 0 Å². The average Bonchev–Trinajstić information content (AvgIpc) is 2.98. The molecule has 1 amide bonds. The van der Waals surface area contributed by atoms with E-state index in [1.165, 1.54) is 17.7 Å². The predicted octanol–water partition coefficient (Wildman–Crippen LogP) is 4.18. The van der Waals surface area contributed by atoms with Crippen molar-refractivity contribution in [2.75, 3.05) is 32.1 Å². The standard InChI is InChI=1S/C22H27N3O4/c1-23(18-9-11-19(12-10-18)25(27)28)22(26)16-24-15-5-3-4-6-21(24)17-7-13-20(29-2)14-8-17/h7-14,21H,3-6,15-16H2,1-2H3/t21-/m1/s1. The Hall–Kier alpha value is -2.93. The lowest BCUT2D eigenvalue weighted by Gasteiger charge is -2.31. The molecule has 1 atom stereocenters. The third-order valence-electron chi connectivity index (χ3n) is 5.52. The molecule has 0 aliphatic carbocycles. The summed E-state index contributed by atoms with van der Waals surface area (Å²) in [5.74, 6) is 0.794. The summed E-state index contributed by atoms with van der Waals surface area (Å²) in [6, 6.07) is 14.3. The van der Waals surface area contributed by atoms with Gasteiger partial charge in [-0.2, -0.15) is 0 Å². The zero-order chi connectivity index (χ0) is 20.8. The van der Waals surface area contributed by atoms with Crippen LogP contribution < -0.4 is 9.64 Å². The van der Waals surface area contributed by atoms with Gasteiger partial charge >= 0.3 is 0 Å². The molecule has 7 nitrogen and oxygen atoms in total. The molecule has 0 aromatic heterocycles. The summed E-state index contributed by atoms with van der Waals surface area (Å²) in [4.78, 5) is 27.2. The monoisotopic (exact) mass is 397 g/mol. The molecule has 3 rings (SSSR count). The molecule has 0 radical (unpaired) electrons. The number of carbonyl (C=O) groups excluding carboxylic acids is 1. The van der Waals surface area contributed by atoms with Crippen LogP contribution in [0.5, 0.6) is 5.75 Å². The normalized spacial score (nSPS) is 17.4. The Morgan fingerprint density at radius 2 is 1.83 bits per heavy atom. The van der Waals surface area contributed by atoms with Gasteiger partial charge < -0.3 is 9.64 Å². The van der Waals surface area contributed by atoms with Crippen LogP contribution in [0.4, 0.5) is 11.4 Å². The molecule has 1 fully saturated rings. The predicted molar refractivity (Wildman–Crippen MR) is 112 cm³/mol. The maximum Gasteiger partial charge on any atom is 0.269 e. The van der Waals surface area contributed by atoms with Crippen LogP contribution in [-0.2, 0) is 4.79 Å². The molecule has 0 bridgehead atoms. The Balaban J connectivity index is 1.73. The van der Waals surface area contributed by atoms with E-state index in [-0.39, 0.29) is 17.6 Å². The van der Waals surface area contributed by atoms with E-state index < -0.39 is 4.92 Å². The molecule has 29 heavy (non-hydrogen) atoms.